The minimum absolute atomic E-state index is 0. The molecule has 1 amide bonds. The van der Waals surface area contributed by atoms with Crippen LogP contribution in [0.15, 0.2) is 0 Å². The maximum atomic E-state index is 11.4. The molecule has 0 aromatic carbocycles. The lowest BCUT2D eigenvalue weighted by Crippen LogP contribution is -2.52. The van der Waals surface area contributed by atoms with E-state index in [2.05, 4.69) is 5.32 Å². The summed E-state index contributed by atoms with van der Waals surface area (Å²) < 4.78 is 4.98. The van der Waals surface area contributed by atoms with E-state index < -0.39 is 0 Å². The summed E-state index contributed by atoms with van der Waals surface area (Å²) in [5.74, 6) is 0.0854. The van der Waals surface area contributed by atoms with Gasteiger partial charge in [-0.25, -0.2) is 0 Å². The van der Waals surface area contributed by atoms with Crippen LogP contribution in [0.2, 0.25) is 0 Å². The quantitative estimate of drug-likeness (QED) is 0.635. The zero-order valence-corrected chi connectivity index (χ0v) is 8.65. The fourth-order valence-corrected chi connectivity index (χ4v) is 1.06. The highest BCUT2D eigenvalue weighted by atomic mass is 35.5. The van der Waals surface area contributed by atoms with Crippen LogP contribution in [0.1, 0.15) is 13.3 Å². The van der Waals surface area contributed by atoms with Gasteiger partial charge in [-0.15, -0.1) is 12.4 Å². The topological polar surface area (TPSA) is 64.4 Å². The van der Waals surface area contributed by atoms with Gasteiger partial charge in [-0.3, -0.25) is 4.79 Å². The highest BCUT2D eigenvalue weighted by Crippen LogP contribution is 2.26. The zero-order chi connectivity index (χ0) is 9.03. The van der Waals surface area contributed by atoms with E-state index >= 15 is 0 Å². The number of amides is 1. The molecule has 1 fully saturated rings. The molecule has 0 spiro atoms. The monoisotopic (exact) mass is 208 g/mol. The second-order valence-electron chi connectivity index (χ2n) is 3.45. The Balaban J connectivity index is 0.00000144. The minimum atomic E-state index is -0.283. The number of ether oxygens (including phenoxy) is 1. The molecule has 4 nitrogen and oxygen atoms in total. The summed E-state index contributed by atoms with van der Waals surface area (Å²) in [4.78, 5) is 11.4. The SMILES string of the molecule is CC1(C(=O)NCCCN)COC1.Cl. The van der Waals surface area contributed by atoms with Crippen molar-refractivity contribution in [2.75, 3.05) is 26.3 Å². The number of hydrogen-bond donors (Lipinski definition) is 2. The zero-order valence-electron chi connectivity index (χ0n) is 7.84. The molecule has 0 bridgehead atoms. The van der Waals surface area contributed by atoms with Crippen molar-refractivity contribution in [1.29, 1.82) is 0 Å². The van der Waals surface area contributed by atoms with Crippen LogP contribution in [-0.2, 0) is 9.53 Å². The Morgan fingerprint density at radius 3 is 2.62 bits per heavy atom. The van der Waals surface area contributed by atoms with Crippen molar-refractivity contribution >= 4 is 18.3 Å². The predicted molar refractivity (Wildman–Crippen MR) is 52.9 cm³/mol. The molecule has 13 heavy (non-hydrogen) atoms. The van der Waals surface area contributed by atoms with E-state index in [4.69, 9.17) is 10.5 Å². The summed E-state index contributed by atoms with van der Waals surface area (Å²) in [6.07, 6.45) is 0.836. The van der Waals surface area contributed by atoms with Gasteiger partial charge >= 0.3 is 0 Å². The van der Waals surface area contributed by atoms with Crippen molar-refractivity contribution in [3.8, 4) is 0 Å². The van der Waals surface area contributed by atoms with E-state index in [1.165, 1.54) is 0 Å². The van der Waals surface area contributed by atoms with Crippen molar-refractivity contribution < 1.29 is 9.53 Å². The normalized spacial score (nSPS) is 18.3. The van der Waals surface area contributed by atoms with Crippen LogP contribution in [0.5, 0.6) is 0 Å². The molecule has 0 unspecified atom stereocenters. The Hall–Kier alpha value is -0.320. The number of halogens is 1. The number of hydrogen-bond acceptors (Lipinski definition) is 3. The van der Waals surface area contributed by atoms with Gasteiger partial charge in [-0.1, -0.05) is 0 Å². The third kappa shape index (κ3) is 3.14. The molecule has 1 rings (SSSR count). The van der Waals surface area contributed by atoms with Crippen molar-refractivity contribution in [2.24, 2.45) is 11.1 Å². The number of nitrogens with two attached hydrogens (primary N) is 1. The van der Waals surface area contributed by atoms with Gasteiger partial charge in [0, 0.05) is 6.54 Å². The van der Waals surface area contributed by atoms with Gasteiger partial charge in [0.05, 0.1) is 18.6 Å². The lowest BCUT2D eigenvalue weighted by Gasteiger charge is -2.36. The molecule has 78 valence electrons. The van der Waals surface area contributed by atoms with Crippen LogP contribution in [-0.4, -0.2) is 32.2 Å². The molecule has 0 aromatic heterocycles. The summed E-state index contributed by atoms with van der Waals surface area (Å²) in [7, 11) is 0. The largest absolute Gasteiger partial charge is 0.379 e. The van der Waals surface area contributed by atoms with Crippen LogP contribution < -0.4 is 11.1 Å². The fourth-order valence-electron chi connectivity index (χ4n) is 1.06. The Morgan fingerprint density at radius 1 is 1.62 bits per heavy atom. The van der Waals surface area contributed by atoms with Crippen molar-refractivity contribution in [2.45, 2.75) is 13.3 Å². The third-order valence-electron chi connectivity index (χ3n) is 2.06. The lowest BCUT2D eigenvalue weighted by atomic mass is 9.87. The molecular formula is C8H17ClN2O2. The number of carbonyl (C=O) groups is 1. The molecule has 1 aliphatic heterocycles. The van der Waals surface area contributed by atoms with Crippen molar-refractivity contribution in [1.82, 2.24) is 5.32 Å². The lowest BCUT2D eigenvalue weighted by molar-refractivity contribution is -0.157. The predicted octanol–water partition coefficient (Wildman–Crippen LogP) is -0.0903. The van der Waals surface area contributed by atoms with E-state index in [0.29, 0.717) is 26.3 Å². The van der Waals surface area contributed by atoms with Gasteiger partial charge in [0.25, 0.3) is 0 Å². The first kappa shape index (κ1) is 12.7. The summed E-state index contributed by atoms with van der Waals surface area (Å²) in [5, 5.41) is 2.83. The maximum absolute atomic E-state index is 11.4. The summed E-state index contributed by atoms with van der Waals surface area (Å²) in [5.41, 5.74) is 5.01. The second kappa shape index (κ2) is 5.42. The average molecular weight is 209 g/mol. The molecule has 0 aromatic rings. The second-order valence-corrected chi connectivity index (χ2v) is 3.45. The molecule has 0 aliphatic carbocycles. The molecule has 3 N–H and O–H groups in total. The highest BCUT2D eigenvalue weighted by Gasteiger charge is 2.40. The molecule has 1 heterocycles. The highest BCUT2D eigenvalue weighted by molar-refractivity contribution is 5.85. The first-order valence-electron chi connectivity index (χ1n) is 4.25. The standard InChI is InChI=1S/C8H16N2O2.ClH/c1-8(5-12-6-8)7(11)10-4-2-3-9;/h2-6,9H2,1H3,(H,10,11);1H. The van der Waals surface area contributed by atoms with Crippen LogP contribution in [0.4, 0.5) is 0 Å². The molecule has 1 saturated heterocycles. The van der Waals surface area contributed by atoms with Gasteiger partial charge in [0.1, 0.15) is 0 Å². The Kier molecular flexibility index (Phi) is 5.29. The molecular weight excluding hydrogens is 192 g/mol. The van der Waals surface area contributed by atoms with Gasteiger partial charge < -0.3 is 15.8 Å². The van der Waals surface area contributed by atoms with Gasteiger partial charge in [0.2, 0.25) is 5.91 Å². The molecule has 5 heteroatoms. The first-order chi connectivity index (χ1) is 5.69. The van der Waals surface area contributed by atoms with Crippen molar-refractivity contribution in [3.63, 3.8) is 0 Å². The fraction of sp³-hybridized carbons (Fsp3) is 0.875. The van der Waals surface area contributed by atoms with E-state index in [1.54, 1.807) is 0 Å². The third-order valence-corrected chi connectivity index (χ3v) is 2.06. The maximum Gasteiger partial charge on any atom is 0.230 e. The summed E-state index contributed by atoms with van der Waals surface area (Å²) >= 11 is 0. The molecule has 0 saturated carbocycles. The van der Waals surface area contributed by atoms with Crippen LogP contribution in [0, 0.1) is 5.41 Å². The van der Waals surface area contributed by atoms with Crippen LogP contribution in [0.25, 0.3) is 0 Å². The smallest absolute Gasteiger partial charge is 0.230 e. The molecule has 0 atom stereocenters. The van der Waals surface area contributed by atoms with Gasteiger partial charge in [0.15, 0.2) is 0 Å². The van der Waals surface area contributed by atoms with E-state index in [0.717, 1.165) is 6.42 Å². The molecule has 0 radical (unpaired) electrons. The number of rotatable bonds is 4. The Morgan fingerprint density at radius 2 is 2.23 bits per heavy atom. The minimum Gasteiger partial charge on any atom is -0.379 e. The van der Waals surface area contributed by atoms with Crippen molar-refractivity contribution in [3.05, 3.63) is 0 Å². The first-order valence-corrected chi connectivity index (χ1v) is 4.25. The van der Waals surface area contributed by atoms with Crippen LogP contribution in [0.3, 0.4) is 0 Å². The number of nitrogens with one attached hydrogen (secondary N) is 1. The van der Waals surface area contributed by atoms with Gasteiger partial charge in [-0.05, 0) is 19.9 Å². The number of carbonyl (C=O) groups excluding carboxylic acids is 1. The summed E-state index contributed by atoms with van der Waals surface area (Å²) in [6, 6.07) is 0. The van der Waals surface area contributed by atoms with E-state index in [9.17, 15) is 4.79 Å². The van der Waals surface area contributed by atoms with Gasteiger partial charge in [-0.2, -0.15) is 0 Å². The Labute approximate surface area is 84.6 Å². The average Bonchev–Trinajstić information content (AvgIpc) is 2.00. The van der Waals surface area contributed by atoms with E-state index in [-0.39, 0.29) is 23.7 Å². The molecule has 1 aliphatic rings. The van der Waals surface area contributed by atoms with E-state index in [1.807, 2.05) is 6.92 Å². The van der Waals surface area contributed by atoms with Crippen LogP contribution >= 0.6 is 12.4 Å². The summed E-state index contributed by atoms with van der Waals surface area (Å²) in [6.45, 7) is 4.29. The Bertz CT molecular complexity index is 172.